The summed E-state index contributed by atoms with van der Waals surface area (Å²) < 4.78 is 0. The second kappa shape index (κ2) is 5.40. The molecule has 1 aromatic rings. The molecular weight excluding hydrogens is 214 g/mol. The summed E-state index contributed by atoms with van der Waals surface area (Å²) in [6, 6.07) is 0. The molecule has 1 atom stereocenters. The highest BCUT2D eigenvalue weighted by molar-refractivity contribution is 5.24. The van der Waals surface area contributed by atoms with E-state index in [1.54, 1.807) is 0 Å². The van der Waals surface area contributed by atoms with E-state index >= 15 is 0 Å². The van der Waals surface area contributed by atoms with E-state index < -0.39 is 0 Å². The molecule has 1 fully saturated rings. The lowest BCUT2D eigenvalue weighted by Crippen LogP contribution is -2.35. The highest BCUT2D eigenvalue weighted by Gasteiger charge is 2.17. The van der Waals surface area contributed by atoms with E-state index in [2.05, 4.69) is 32.4 Å². The molecule has 1 N–H and O–H groups in total. The minimum absolute atomic E-state index is 0.654. The van der Waals surface area contributed by atoms with Crippen LogP contribution in [0.4, 0.5) is 5.95 Å². The highest BCUT2D eigenvalue weighted by Crippen LogP contribution is 2.15. The van der Waals surface area contributed by atoms with Gasteiger partial charge in [-0.05, 0) is 46.2 Å². The second-order valence-electron chi connectivity index (χ2n) is 4.96. The van der Waals surface area contributed by atoms with Crippen LogP contribution in [0.25, 0.3) is 0 Å². The van der Waals surface area contributed by atoms with E-state index in [0.29, 0.717) is 11.9 Å². The van der Waals surface area contributed by atoms with Crippen molar-refractivity contribution in [3.8, 4) is 0 Å². The number of nitrogens with one attached hydrogen (secondary N) is 1. The quantitative estimate of drug-likeness (QED) is 0.854. The average Bonchev–Trinajstić information content (AvgIpc) is 2.31. The number of anilines is 1. The third-order valence-electron chi connectivity index (χ3n) is 3.36. The monoisotopic (exact) mass is 235 g/mol. The molecule has 1 aliphatic heterocycles. The van der Waals surface area contributed by atoms with Crippen LogP contribution in [0.5, 0.6) is 0 Å². The Bertz CT molecular complexity index is 379. The number of aromatic nitrogens is 3. The van der Waals surface area contributed by atoms with Crippen molar-refractivity contribution in [3.05, 3.63) is 11.4 Å². The maximum atomic E-state index is 4.38. The van der Waals surface area contributed by atoms with Crippen molar-refractivity contribution in [3.63, 3.8) is 0 Å². The second-order valence-corrected chi connectivity index (χ2v) is 4.96. The zero-order chi connectivity index (χ0) is 12.3. The van der Waals surface area contributed by atoms with Crippen LogP contribution in [-0.2, 0) is 0 Å². The molecule has 1 aromatic heterocycles. The van der Waals surface area contributed by atoms with Crippen molar-refractivity contribution in [2.24, 2.45) is 5.92 Å². The molecule has 2 heterocycles. The molecule has 0 saturated carbocycles. The number of rotatable bonds is 3. The predicted molar refractivity (Wildman–Crippen MR) is 68.0 cm³/mol. The summed E-state index contributed by atoms with van der Waals surface area (Å²) in [7, 11) is 2.18. The van der Waals surface area contributed by atoms with Crippen molar-refractivity contribution in [1.29, 1.82) is 0 Å². The topological polar surface area (TPSA) is 53.9 Å². The van der Waals surface area contributed by atoms with Crippen LogP contribution >= 0.6 is 0 Å². The zero-order valence-corrected chi connectivity index (χ0v) is 10.9. The Kier molecular flexibility index (Phi) is 3.89. The van der Waals surface area contributed by atoms with Gasteiger partial charge in [0.2, 0.25) is 5.95 Å². The first-order valence-corrected chi connectivity index (χ1v) is 6.25. The first-order chi connectivity index (χ1) is 8.15. The fraction of sp³-hybridized carbons (Fsp3) is 0.750. The van der Waals surface area contributed by atoms with Gasteiger partial charge in [-0.1, -0.05) is 0 Å². The molecule has 0 aliphatic carbocycles. The number of aryl methyl sites for hydroxylation is 2. The van der Waals surface area contributed by atoms with Gasteiger partial charge < -0.3 is 10.2 Å². The van der Waals surface area contributed by atoms with Crippen LogP contribution < -0.4 is 5.32 Å². The first-order valence-electron chi connectivity index (χ1n) is 6.25. The lowest BCUT2D eigenvalue weighted by molar-refractivity contribution is 0.217. The van der Waals surface area contributed by atoms with Gasteiger partial charge in [0.25, 0.3) is 0 Å². The smallest absolute Gasteiger partial charge is 0.242 e. The number of likely N-dealkylation sites (tertiary alicyclic amines) is 1. The van der Waals surface area contributed by atoms with E-state index in [0.717, 1.165) is 24.5 Å². The molecule has 1 saturated heterocycles. The van der Waals surface area contributed by atoms with Gasteiger partial charge in [0.1, 0.15) is 0 Å². The van der Waals surface area contributed by atoms with E-state index in [-0.39, 0.29) is 0 Å². The third kappa shape index (κ3) is 3.36. The number of nitrogens with zero attached hydrogens (tertiary/aromatic N) is 4. The average molecular weight is 235 g/mol. The molecule has 5 nitrogen and oxygen atoms in total. The SMILES string of the molecule is Cc1nnc(NCC2CCCN(C)C2)nc1C. The molecule has 2 rings (SSSR count). The van der Waals surface area contributed by atoms with Gasteiger partial charge in [-0.2, -0.15) is 5.10 Å². The predicted octanol–water partition coefficient (Wildman–Crippen LogP) is 1.24. The van der Waals surface area contributed by atoms with E-state index in [9.17, 15) is 0 Å². The summed E-state index contributed by atoms with van der Waals surface area (Å²) in [5.74, 6) is 1.35. The lowest BCUT2D eigenvalue weighted by atomic mass is 9.99. The molecule has 0 bridgehead atoms. The number of hydrogen-bond donors (Lipinski definition) is 1. The molecule has 94 valence electrons. The van der Waals surface area contributed by atoms with Crippen molar-refractivity contribution in [1.82, 2.24) is 20.1 Å². The van der Waals surface area contributed by atoms with Crippen LogP contribution in [0.15, 0.2) is 0 Å². The van der Waals surface area contributed by atoms with Crippen molar-refractivity contribution in [2.75, 3.05) is 32.0 Å². The van der Waals surface area contributed by atoms with Crippen LogP contribution in [0.1, 0.15) is 24.2 Å². The molecule has 5 heteroatoms. The number of piperidine rings is 1. The summed E-state index contributed by atoms with van der Waals surface area (Å²) in [6.07, 6.45) is 2.57. The van der Waals surface area contributed by atoms with Crippen LogP contribution in [0, 0.1) is 19.8 Å². The minimum atomic E-state index is 0.654. The van der Waals surface area contributed by atoms with Crippen LogP contribution in [-0.4, -0.2) is 46.8 Å². The van der Waals surface area contributed by atoms with Gasteiger partial charge in [-0.25, -0.2) is 4.98 Å². The van der Waals surface area contributed by atoms with Gasteiger partial charge in [0.05, 0.1) is 11.4 Å². The molecule has 17 heavy (non-hydrogen) atoms. The fourth-order valence-corrected chi connectivity index (χ4v) is 2.21. The maximum Gasteiger partial charge on any atom is 0.242 e. The van der Waals surface area contributed by atoms with Gasteiger partial charge in [0, 0.05) is 13.1 Å². The van der Waals surface area contributed by atoms with Gasteiger partial charge in [-0.3, -0.25) is 0 Å². The molecular formula is C12H21N5. The summed E-state index contributed by atoms with van der Waals surface area (Å²) in [6.45, 7) is 7.21. The van der Waals surface area contributed by atoms with Crippen LogP contribution in [0.2, 0.25) is 0 Å². The summed E-state index contributed by atoms with van der Waals surface area (Å²) in [5.41, 5.74) is 1.84. The van der Waals surface area contributed by atoms with Gasteiger partial charge >= 0.3 is 0 Å². The Labute approximate surface area is 103 Å². The van der Waals surface area contributed by atoms with E-state index in [1.807, 2.05) is 13.8 Å². The van der Waals surface area contributed by atoms with Crippen molar-refractivity contribution in [2.45, 2.75) is 26.7 Å². The molecule has 1 unspecified atom stereocenters. The highest BCUT2D eigenvalue weighted by atomic mass is 15.2. The third-order valence-corrected chi connectivity index (χ3v) is 3.36. The first kappa shape index (κ1) is 12.2. The van der Waals surface area contributed by atoms with Gasteiger partial charge in [0.15, 0.2) is 0 Å². The Morgan fingerprint density at radius 3 is 2.82 bits per heavy atom. The largest absolute Gasteiger partial charge is 0.353 e. The molecule has 0 aromatic carbocycles. The molecule has 0 spiro atoms. The fourth-order valence-electron chi connectivity index (χ4n) is 2.21. The van der Waals surface area contributed by atoms with E-state index in [4.69, 9.17) is 0 Å². The standard InChI is InChI=1S/C12H21N5/c1-9-10(2)15-16-12(14-9)13-7-11-5-4-6-17(3)8-11/h11H,4-8H2,1-3H3,(H,13,14,16). The summed E-state index contributed by atoms with van der Waals surface area (Å²) in [4.78, 5) is 6.76. The van der Waals surface area contributed by atoms with E-state index in [1.165, 1.54) is 19.4 Å². The minimum Gasteiger partial charge on any atom is -0.353 e. The maximum absolute atomic E-state index is 4.38. The van der Waals surface area contributed by atoms with Crippen molar-refractivity contribution >= 4 is 5.95 Å². The van der Waals surface area contributed by atoms with Gasteiger partial charge in [-0.15, -0.1) is 5.10 Å². The zero-order valence-electron chi connectivity index (χ0n) is 10.9. The van der Waals surface area contributed by atoms with Crippen LogP contribution in [0.3, 0.4) is 0 Å². The number of hydrogen-bond acceptors (Lipinski definition) is 5. The molecule has 0 amide bonds. The Hall–Kier alpha value is -1.23. The normalized spacial score (nSPS) is 21.5. The molecule has 0 radical (unpaired) electrons. The summed E-state index contributed by atoms with van der Waals surface area (Å²) >= 11 is 0. The lowest BCUT2D eigenvalue weighted by Gasteiger charge is -2.29. The molecule has 1 aliphatic rings. The van der Waals surface area contributed by atoms with Crippen molar-refractivity contribution < 1.29 is 0 Å². The Balaban J connectivity index is 1.86. The summed E-state index contributed by atoms with van der Waals surface area (Å²) in [5, 5.41) is 11.4. The Morgan fingerprint density at radius 2 is 2.12 bits per heavy atom. The Morgan fingerprint density at radius 1 is 1.29 bits per heavy atom.